The first-order chi connectivity index (χ1) is 9.86. The summed E-state index contributed by atoms with van der Waals surface area (Å²) in [6, 6.07) is 2.97. The molecule has 0 heterocycles. The molecule has 21 heavy (non-hydrogen) atoms. The van der Waals surface area contributed by atoms with E-state index in [4.69, 9.17) is 0 Å². The molecule has 2 saturated carbocycles. The van der Waals surface area contributed by atoms with Crippen molar-refractivity contribution in [3.8, 4) is 0 Å². The highest BCUT2D eigenvalue weighted by atomic mass is 19.4. The van der Waals surface area contributed by atoms with Crippen LogP contribution in [0.25, 0.3) is 0 Å². The van der Waals surface area contributed by atoms with Gasteiger partial charge in [-0.05, 0) is 43.6 Å². The molecule has 7 heteroatoms. The molecule has 2 aliphatic carbocycles. The van der Waals surface area contributed by atoms with Crippen LogP contribution in [0.4, 0.5) is 24.5 Å². The standard InChI is InChI=1S/C14H15F3N2O2/c15-14(16,17)11-7-10(19(20)21)5-6-12(11)18-13(8-1-2-8)9-3-4-9/h5-9,13,18H,1-4H2. The van der Waals surface area contributed by atoms with Gasteiger partial charge in [-0.15, -0.1) is 0 Å². The Morgan fingerprint density at radius 1 is 1.19 bits per heavy atom. The van der Waals surface area contributed by atoms with Crippen LogP contribution < -0.4 is 5.32 Å². The van der Waals surface area contributed by atoms with Gasteiger partial charge in [-0.2, -0.15) is 13.2 Å². The molecule has 0 saturated heterocycles. The number of anilines is 1. The number of non-ortho nitro benzene ring substituents is 1. The Labute approximate surface area is 119 Å². The van der Waals surface area contributed by atoms with Gasteiger partial charge >= 0.3 is 6.18 Å². The molecular weight excluding hydrogens is 285 g/mol. The van der Waals surface area contributed by atoms with E-state index in [9.17, 15) is 23.3 Å². The molecule has 0 aromatic heterocycles. The number of nitrogens with one attached hydrogen (secondary N) is 1. The van der Waals surface area contributed by atoms with Crippen LogP contribution >= 0.6 is 0 Å². The minimum absolute atomic E-state index is 0.0445. The first kappa shape index (κ1) is 14.2. The van der Waals surface area contributed by atoms with Gasteiger partial charge in [0, 0.05) is 23.9 Å². The van der Waals surface area contributed by atoms with Gasteiger partial charge in [-0.3, -0.25) is 10.1 Å². The fraction of sp³-hybridized carbons (Fsp3) is 0.571. The average Bonchev–Trinajstić information content (AvgIpc) is 3.26. The van der Waals surface area contributed by atoms with Crippen molar-refractivity contribution >= 4 is 11.4 Å². The van der Waals surface area contributed by atoms with E-state index in [-0.39, 0.29) is 11.7 Å². The van der Waals surface area contributed by atoms with Gasteiger partial charge in [0.05, 0.1) is 10.5 Å². The smallest absolute Gasteiger partial charge is 0.381 e. The fourth-order valence-electron chi connectivity index (χ4n) is 2.72. The summed E-state index contributed by atoms with van der Waals surface area (Å²) < 4.78 is 39.3. The van der Waals surface area contributed by atoms with Crippen molar-refractivity contribution < 1.29 is 18.1 Å². The summed E-state index contributed by atoms with van der Waals surface area (Å²) in [6.45, 7) is 0. The molecule has 2 aliphatic rings. The van der Waals surface area contributed by atoms with E-state index in [1.54, 1.807) is 0 Å². The topological polar surface area (TPSA) is 55.2 Å². The number of nitro groups is 1. The van der Waals surface area contributed by atoms with Gasteiger partial charge in [-0.25, -0.2) is 0 Å². The number of halogens is 3. The van der Waals surface area contributed by atoms with Gasteiger partial charge in [-0.1, -0.05) is 0 Å². The van der Waals surface area contributed by atoms with Crippen molar-refractivity contribution in [2.24, 2.45) is 11.8 Å². The van der Waals surface area contributed by atoms with E-state index in [1.807, 2.05) is 0 Å². The van der Waals surface area contributed by atoms with Crippen molar-refractivity contribution in [1.82, 2.24) is 0 Å². The van der Waals surface area contributed by atoms with Gasteiger partial charge in [0.2, 0.25) is 0 Å². The van der Waals surface area contributed by atoms with Crippen LogP contribution in [-0.4, -0.2) is 11.0 Å². The van der Waals surface area contributed by atoms with Crippen LogP contribution in [0.15, 0.2) is 18.2 Å². The van der Waals surface area contributed by atoms with E-state index in [0.717, 1.165) is 31.7 Å². The maximum absolute atomic E-state index is 13.1. The highest BCUT2D eigenvalue weighted by Gasteiger charge is 2.43. The predicted octanol–water partition coefficient (Wildman–Crippen LogP) is 4.21. The molecule has 0 unspecified atom stereocenters. The van der Waals surface area contributed by atoms with Gasteiger partial charge < -0.3 is 5.32 Å². The molecule has 3 rings (SSSR count). The second-order valence-electron chi connectivity index (χ2n) is 5.83. The van der Waals surface area contributed by atoms with Gasteiger partial charge in [0.25, 0.3) is 5.69 Å². The van der Waals surface area contributed by atoms with Crippen molar-refractivity contribution in [3.05, 3.63) is 33.9 Å². The van der Waals surface area contributed by atoms with Crippen molar-refractivity contribution in [1.29, 1.82) is 0 Å². The summed E-state index contributed by atoms with van der Waals surface area (Å²) in [5.41, 5.74) is -1.54. The number of alkyl halides is 3. The zero-order chi connectivity index (χ0) is 15.2. The van der Waals surface area contributed by atoms with Crippen molar-refractivity contribution in [3.63, 3.8) is 0 Å². The zero-order valence-electron chi connectivity index (χ0n) is 11.2. The van der Waals surface area contributed by atoms with E-state index in [0.29, 0.717) is 17.9 Å². The number of hydrogen-bond acceptors (Lipinski definition) is 3. The Kier molecular flexibility index (Phi) is 3.30. The maximum Gasteiger partial charge on any atom is 0.418 e. The number of benzene rings is 1. The fourth-order valence-corrected chi connectivity index (χ4v) is 2.72. The summed E-state index contributed by atoms with van der Waals surface area (Å²) >= 11 is 0. The van der Waals surface area contributed by atoms with Crippen LogP contribution in [0.1, 0.15) is 31.2 Å². The summed E-state index contributed by atoms with van der Waals surface area (Å²) in [7, 11) is 0. The molecule has 0 amide bonds. The quantitative estimate of drug-likeness (QED) is 0.654. The molecule has 1 aromatic carbocycles. The molecule has 0 atom stereocenters. The van der Waals surface area contributed by atoms with Crippen LogP contribution in [0.2, 0.25) is 0 Å². The number of nitro benzene ring substituents is 1. The van der Waals surface area contributed by atoms with Crippen LogP contribution in [0.5, 0.6) is 0 Å². The molecule has 114 valence electrons. The minimum Gasteiger partial charge on any atom is -0.381 e. The van der Waals surface area contributed by atoms with Crippen LogP contribution in [-0.2, 0) is 6.18 Å². The summed E-state index contributed by atoms with van der Waals surface area (Å²) in [5.74, 6) is 0.877. The third-order valence-electron chi connectivity index (χ3n) is 4.10. The SMILES string of the molecule is O=[N+]([O-])c1ccc(NC(C2CC2)C2CC2)c(C(F)(F)F)c1. The average molecular weight is 300 g/mol. The first-order valence-corrected chi connectivity index (χ1v) is 6.98. The third-order valence-corrected chi connectivity index (χ3v) is 4.10. The Hall–Kier alpha value is -1.79. The van der Waals surface area contributed by atoms with E-state index in [1.165, 1.54) is 6.07 Å². The number of nitrogens with zero attached hydrogens (tertiary/aromatic N) is 1. The lowest BCUT2D eigenvalue weighted by Gasteiger charge is -2.22. The molecule has 0 spiro atoms. The highest BCUT2D eigenvalue weighted by Crippen LogP contribution is 2.47. The monoisotopic (exact) mass is 300 g/mol. The Morgan fingerprint density at radius 2 is 1.76 bits per heavy atom. The second kappa shape index (κ2) is 4.89. The van der Waals surface area contributed by atoms with E-state index in [2.05, 4.69) is 5.32 Å². The van der Waals surface area contributed by atoms with Crippen LogP contribution in [0, 0.1) is 22.0 Å². The first-order valence-electron chi connectivity index (χ1n) is 6.98. The zero-order valence-corrected chi connectivity index (χ0v) is 11.2. The summed E-state index contributed by atoms with van der Waals surface area (Å²) in [4.78, 5) is 9.86. The Balaban J connectivity index is 1.90. The Bertz CT molecular complexity index is 554. The van der Waals surface area contributed by atoms with Crippen molar-refractivity contribution in [2.75, 3.05) is 5.32 Å². The molecular formula is C14H15F3N2O2. The molecule has 4 nitrogen and oxygen atoms in total. The van der Waals surface area contributed by atoms with E-state index < -0.39 is 22.4 Å². The number of hydrogen-bond donors (Lipinski definition) is 1. The largest absolute Gasteiger partial charge is 0.418 e. The van der Waals surface area contributed by atoms with E-state index >= 15 is 0 Å². The second-order valence-corrected chi connectivity index (χ2v) is 5.83. The van der Waals surface area contributed by atoms with Gasteiger partial charge in [0.1, 0.15) is 0 Å². The van der Waals surface area contributed by atoms with Crippen molar-refractivity contribution in [2.45, 2.75) is 37.9 Å². The summed E-state index contributed by atoms with van der Waals surface area (Å²) in [6.07, 6.45) is -0.429. The normalized spacial score (nSPS) is 18.9. The maximum atomic E-state index is 13.1. The molecule has 0 bridgehead atoms. The lowest BCUT2D eigenvalue weighted by atomic mass is 10.0. The highest BCUT2D eigenvalue weighted by molar-refractivity contribution is 5.58. The molecule has 2 fully saturated rings. The van der Waals surface area contributed by atoms with Gasteiger partial charge in [0.15, 0.2) is 0 Å². The lowest BCUT2D eigenvalue weighted by molar-refractivity contribution is -0.385. The Morgan fingerprint density at radius 3 is 2.19 bits per heavy atom. The summed E-state index contributed by atoms with van der Waals surface area (Å²) in [5, 5.41) is 13.7. The molecule has 1 aromatic rings. The molecule has 0 radical (unpaired) electrons. The third kappa shape index (κ3) is 3.11. The molecule has 1 N–H and O–H groups in total. The van der Waals surface area contributed by atoms with Crippen LogP contribution in [0.3, 0.4) is 0 Å². The molecule has 0 aliphatic heterocycles. The lowest BCUT2D eigenvalue weighted by Crippen LogP contribution is -2.26. The minimum atomic E-state index is -4.61. The number of rotatable bonds is 5. The predicted molar refractivity (Wildman–Crippen MR) is 71.0 cm³/mol.